The van der Waals surface area contributed by atoms with Gasteiger partial charge in [0.05, 0.1) is 0 Å². The zero-order valence-electron chi connectivity index (χ0n) is 14.6. The summed E-state index contributed by atoms with van der Waals surface area (Å²) in [5, 5.41) is 8.62. The van der Waals surface area contributed by atoms with Crippen molar-refractivity contribution < 1.29 is 9.90 Å². The molecule has 0 saturated carbocycles. The Morgan fingerprint density at radius 1 is 0.909 bits per heavy atom. The Balaban J connectivity index is 4.19. The zero-order valence-corrected chi connectivity index (χ0v) is 14.6. The van der Waals surface area contributed by atoms with Crippen LogP contribution in [0.25, 0.3) is 0 Å². The molecule has 0 aromatic heterocycles. The van der Waals surface area contributed by atoms with E-state index in [0.717, 1.165) is 31.3 Å². The smallest absolute Gasteiger partial charge is 0.328 e. The molecule has 0 bridgehead atoms. The van der Waals surface area contributed by atoms with Crippen LogP contribution in [0.3, 0.4) is 0 Å². The van der Waals surface area contributed by atoms with Gasteiger partial charge >= 0.3 is 5.97 Å². The third-order valence-corrected chi connectivity index (χ3v) is 3.21. The van der Waals surface area contributed by atoms with Gasteiger partial charge in [-0.3, -0.25) is 0 Å². The van der Waals surface area contributed by atoms with Crippen molar-refractivity contribution in [2.75, 3.05) is 0 Å². The quantitative estimate of drug-likeness (QED) is 0.322. The van der Waals surface area contributed by atoms with E-state index in [1.165, 1.54) is 22.8 Å². The summed E-state index contributed by atoms with van der Waals surface area (Å²) in [5.41, 5.74) is 4.87. The van der Waals surface area contributed by atoms with Crippen LogP contribution in [0.4, 0.5) is 0 Å². The lowest BCUT2D eigenvalue weighted by molar-refractivity contribution is -0.131. The molecule has 0 atom stereocenters. The summed E-state index contributed by atoms with van der Waals surface area (Å²) in [5.74, 6) is -0.906. The molecule has 0 fully saturated rings. The Hall–Kier alpha value is -1.83. The van der Waals surface area contributed by atoms with Crippen molar-refractivity contribution in [2.45, 2.75) is 60.3 Å². The van der Waals surface area contributed by atoms with E-state index in [0.29, 0.717) is 0 Å². The van der Waals surface area contributed by atoms with E-state index in [-0.39, 0.29) is 0 Å². The summed E-state index contributed by atoms with van der Waals surface area (Å²) >= 11 is 0. The SMILES string of the molecule is CC(C)=CCCC(C)=CCCC(C)=CC=C/C(C)=C/C(=O)O. The molecule has 2 heteroatoms. The van der Waals surface area contributed by atoms with Crippen LogP contribution in [-0.2, 0) is 4.79 Å². The molecular formula is C20H30O2. The van der Waals surface area contributed by atoms with Crippen LogP contribution < -0.4 is 0 Å². The van der Waals surface area contributed by atoms with Gasteiger partial charge in [0.1, 0.15) is 0 Å². The van der Waals surface area contributed by atoms with Gasteiger partial charge in [0.15, 0.2) is 0 Å². The minimum atomic E-state index is -0.906. The first-order valence-corrected chi connectivity index (χ1v) is 7.85. The lowest BCUT2D eigenvalue weighted by atomic mass is 10.1. The highest BCUT2D eigenvalue weighted by molar-refractivity contribution is 5.81. The molecule has 0 amide bonds. The third kappa shape index (κ3) is 13.2. The van der Waals surface area contributed by atoms with Crippen LogP contribution in [0.1, 0.15) is 60.3 Å². The summed E-state index contributed by atoms with van der Waals surface area (Å²) in [6, 6.07) is 0. The fourth-order valence-corrected chi connectivity index (χ4v) is 1.93. The molecule has 2 nitrogen and oxygen atoms in total. The fraction of sp³-hybridized carbons (Fsp3) is 0.450. The van der Waals surface area contributed by atoms with E-state index in [1.54, 1.807) is 6.92 Å². The minimum Gasteiger partial charge on any atom is -0.478 e. The van der Waals surface area contributed by atoms with Gasteiger partial charge in [-0.15, -0.1) is 0 Å². The lowest BCUT2D eigenvalue weighted by Gasteiger charge is -2.00. The Morgan fingerprint density at radius 2 is 1.50 bits per heavy atom. The Bertz CT molecular complexity index is 496. The highest BCUT2D eigenvalue weighted by Gasteiger charge is 1.92. The number of hydrogen-bond donors (Lipinski definition) is 1. The summed E-state index contributed by atoms with van der Waals surface area (Å²) < 4.78 is 0. The number of rotatable bonds is 9. The van der Waals surface area contributed by atoms with Crippen LogP contribution >= 0.6 is 0 Å². The highest BCUT2D eigenvalue weighted by atomic mass is 16.4. The molecule has 0 aliphatic carbocycles. The number of allylic oxidation sites excluding steroid dienone is 9. The molecule has 0 unspecified atom stereocenters. The second-order valence-corrected chi connectivity index (χ2v) is 6.01. The maximum Gasteiger partial charge on any atom is 0.328 e. The van der Waals surface area contributed by atoms with E-state index in [1.807, 2.05) is 18.2 Å². The highest BCUT2D eigenvalue weighted by Crippen LogP contribution is 2.11. The maximum atomic E-state index is 10.5. The van der Waals surface area contributed by atoms with Crippen LogP contribution in [0.5, 0.6) is 0 Å². The van der Waals surface area contributed by atoms with Gasteiger partial charge in [0.25, 0.3) is 0 Å². The molecule has 0 aromatic rings. The van der Waals surface area contributed by atoms with Gasteiger partial charge in [-0.05, 0) is 65.9 Å². The van der Waals surface area contributed by atoms with Crippen molar-refractivity contribution in [1.29, 1.82) is 0 Å². The number of carboxylic acid groups (broad SMARTS) is 1. The summed E-state index contributed by atoms with van der Waals surface area (Å²) in [7, 11) is 0. The molecule has 0 saturated heterocycles. The standard InChI is InChI=1S/C20H30O2/c1-16(2)9-6-10-17(3)11-7-12-18(4)13-8-14-19(5)15-20(21)22/h8-9,11,13-15H,6-7,10,12H2,1-5H3,(H,21,22)/b14-8?,17-11?,18-13?,19-15+. The van der Waals surface area contributed by atoms with E-state index in [4.69, 9.17) is 5.11 Å². The van der Waals surface area contributed by atoms with Crippen molar-refractivity contribution in [1.82, 2.24) is 0 Å². The maximum absolute atomic E-state index is 10.5. The van der Waals surface area contributed by atoms with Crippen LogP contribution in [0.15, 0.2) is 58.7 Å². The summed E-state index contributed by atoms with van der Waals surface area (Å²) in [6.07, 6.45) is 15.9. The van der Waals surface area contributed by atoms with Gasteiger partial charge < -0.3 is 5.11 Å². The normalized spacial score (nSPS) is 13.6. The molecular weight excluding hydrogens is 272 g/mol. The van der Waals surface area contributed by atoms with E-state index in [9.17, 15) is 4.79 Å². The first-order valence-electron chi connectivity index (χ1n) is 7.85. The predicted molar refractivity (Wildman–Crippen MR) is 95.9 cm³/mol. The van der Waals surface area contributed by atoms with E-state index < -0.39 is 5.97 Å². The van der Waals surface area contributed by atoms with E-state index >= 15 is 0 Å². The fourth-order valence-electron chi connectivity index (χ4n) is 1.93. The van der Waals surface area contributed by atoms with Gasteiger partial charge in [0, 0.05) is 6.08 Å². The molecule has 22 heavy (non-hydrogen) atoms. The number of carbonyl (C=O) groups is 1. The molecule has 0 aliphatic rings. The Kier molecular flexibility index (Phi) is 10.8. The molecule has 1 N–H and O–H groups in total. The number of hydrogen-bond acceptors (Lipinski definition) is 1. The number of carboxylic acids is 1. The van der Waals surface area contributed by atoms with Crippen LogP contribution in [-0.4, -0.2) is 11.1 Å². The zero-order chi connectivity index (χ0) is 17.0. The van der Waals surface area contributed by atoms with Gasteiger partial charge in [-0.2, -0.15) is 0 Å². The van der Waals surface area contributed by atoms with Crippen molar-refractivity contribution in [3.8, 4) is 0 Å². The van der Waals surface area contributed by atoms with Crippen molar-refractivity contribution in [2.24, 2.45) is 0 Å². The summed E-state index contributed by atoms with van der Waals surface area (Å²) in [6.45, 7) is 10.3. The molecule has 0 rings (SSSR count). The van der Waals surface area contributed by atoms with Crippen molar-refractivity contribution >= 4 is 5.97 Å². The van der Waals surface area contributed by atoms with Gasteiger partial charge in [-0.25, -0.2) is 4.79 Å². The largest absolute Gasteiger partial charge is 0.478 e. The molecule has 0 aromatic carbocycles. The lowest BCUT2D eigenvalue weighted by Crippen LogP contribution is -1.87. The van der Waals surface area contributed by atoms with Crippen molar-refractivity contribution in [3.63, 3.8) is 0 Å². The second-order valence-electron chi connectivity index (χ2n) is 6.01. The molecule has 0 spiro atoms. The van der Waals surface area contributed by atoms with Gasteiger partial charge in [0.2, 0.25) is 0 Å². The molecule has 122 valence electrons. The monoisotopic (exact) mass is 302 g/mol. The Morgan fingerprint density at radius 3 is 2.09 bits per heavy atom. The van der Waals surface area contributed by atoms with Crippen LogP contribution in [0, 0.1) is 0 Å². The predicted octanol–water partition coefficient (Wildman–Crippen LogP) is 5.99. The molecule has 0 radical (unpaired) electrons. The average Bonchev–Trinajstić information content (AvgIpc) is 2.37. The summed E-state index contributed by atoms with van der Waals surface area (Å²) in [4.78, 5) is 10.5. The van der Waals surface area contributed by atoms with E-state index in [2.05, 4.69) is 39.8 Å². The molecule has 0 heterocycles. The van der Waals surface area contributed by atoms with Crippen molar-refractivity contribution in [3.05, 3.63) is 58.7 Å². The van der Waals surface area contributed by atoms with Gasteiger partial charge in [-0.1, -0.05) is 47.1 Å². The second kappa shape index (κ2) is 11.8. The number of aliphatic carboxylic acids is 1. The minimum absolute atomic E-state index is 0.742. The third-order valence-electron chi connectivity index (χ3n) is 3.21. The van der Waals surface area contributed by atoms with Crippen LogP contribution in [0.2, 0.25) is 0 Å². The topological polar surface area (TPSA) is 37.3 Å². The Labute approximate surface area is 135 Å². The first kappa shape index (κ1) is 20.2. The average molecular weight is 302 g/mol. The molecule has 0 aliphatic heterocycles. The first-order chi connectivity index (χ1) is 10.3.